The number of rotatable bonds is 53. The van der Waals surface area contributed by atoms with Crippen LogP contribution in [0.3, 0.4) is 0 Å². The normalized spacial score (nSPS) is 13.0. The van der Waals surface area contributed by atoms with Gasteiger partial charge in [-0.25, -0.2) is 4.57 Å². The average Bonchev–Trinajstić information content (AvgIpc) is 3.27. The summed E-state index contributed by atoms with van der Waals surface area (Å²) < 4.78 is 32.9. The molecule has 0 fully saturated rings. The molecule has 0 aliphatic heterocycles. The number of nitrogens with two attached hydrogens (primary N) is 1. The van der Waals surface area contributed by atoms with Crippen molar-refractivity contribution in [1.82, 2.24) is 0 Å². The Balaban J connectivity index is 3.79. The standard InChI is InChI=1S/C53H106NO8P/c1-3-5-7-9-11-13-15-16-17-18-19-20-21-22-23-24-25-26-27-28-29-30-31-32-33-34-36-38-40-42-44-46-53(56)62-51(50-61-63(57,58)60-48-47-54)49-59-52(55)45-43-41-39-37-35-14-12-10-8-6-4-2/h51H,3-50,54H2,1-2H3,(H,57,58). The van der Waals surface area contributed by atoms with Crippen molar-refractivity contribution in [3.8, 4) is 0 Å². The lowest BCUT2D eigenvalue weighted by Gasteiger charge is -2.19. The van der Waals surface area contributed by atoms with Gasteiger partial charge < -0.3 is 20.1 Å². The molecular formula is C53H106NO8P. The molecule has 0 saturated heterocycles. The minimum Gasteiger partial charge on any atom is -0.462 e. The van der Waals surface area contributed by atoms with Crippen LogP contribution in [-0.4, -0.2) is 49.3 Å². The second kappa shape index (κ2) is 50.4. The third-order valence-corrected chi connectivity index (χ3v) is 13.5. The van der Waals surface area contributed by atoms with Crippen LogP contribution < -0.4 is 5.73 Å². The van der Waals surface area contributed by atoms with Crippen LogP contribution in [0.5, 0.6) is 0 Å². The molecule has 10 heteroatoms. The van der Waals surface area contributed by atoms with Crippen molar-refractivity contribution in [1.29, 1.82) is 0 Å². The number of esters is 2. The van der Waals surface area contributed by atoms with E-state index in [0.717, 1.165) is 32.1 Å². The first kappa shape index (κ1) is 62.0. The molecule has 0 rings (SSSR count). The lowest BCUT2D eigenvalue weighted by Crippen LogP contribution is -2.29. The molecule has 0 spiro atoms. The van der Waals surface area contributed by atoms with Crippen molar-refractivity contribution in [3.63, 3.8) is 0 Å². The summed E-state index contributed by atoms with van der Waals surface area (Å²) in [6, 6.07) is 0. The monoisotopic (exact) mass is 916 g/mol. The maximum atomic E-state index is 12.6. The second-order valence-electron chi connectivity index (χ2n) is 18.8. The molecule has 0 aromatic carbocycles. The molecular weight excluding hydrogens is 810 g/mol. The van der Waals surface area contributed by atoms with Gasteiger partial charge in [0.25, 0.3) is 0 Å². The van der Waals surface area contributed by atoms with Gasteiger partial charge in [0.1, 0.15) is 6.61 Å². The first-order chi connectivity index (χ1) is 30.8. The fraction of sp³-hybridized carbons (Fsp3) is 0.962. The van der Waals surface area contributed by atoms with E-state index in [0.29, 0.717) is 6.42 Å². The summed E-state index contributed by atoms with van der Waals surface area (Å²) in [4.78, 5) is 35.0. The third-order valence-electron chi connectivity index (χ3n) is 12.5. The Morgan fingerprint density at radius 3 is 0.968 bits per heavy atom. The minimum atomic E-state index is -4.37. The summed E-state index contributed by atoms with van der Waals surface area (Å²) in [5.41, 5.74) is 5.36. The van der Waals surface area contributed by atoms with E-state index in [2.05, 4.69) is 13.8 Å². The number of carbonyl (C=O) groups excluding carboxylic acids is 2. The van der Waals surface area contributed by atoms with Crippen molar-refractivity contribution in [2.75, 3.05) is 26.4 Å². The average molecular weight is 916 g/mol. The van der Waals surface area contributed by atoms with Gasteiger partial charge in [-0.2, -0.15) is 0 Å². The fourth-order valence-electron chi connectivity index (χ4n) is 8.40. The van der Waals surface area contributed by atoms with Crippen LogP contribution in [0.15, 0.2) is 0 Å². The van der Waals surface area contributed by atoms with E-state index in [1.807, 2.05) is 0 Å². The van der Waals surface area contributed by atoms with Crippen LogP contribution in [0, 0.1) is 0 Å². The van der Waals surface area contributed by atoms with E-state index >= 15 is 0 Å². The molecule has 3 N–H and O–H groups in total. The molecule has 376 valence electrons. The molecule has 0 amide bonds. The van der Waals surface area contributed by atoms with Crippen molar-refractivity contribution in [2.45, 2.75) is 302 Å². The maximum absolute atomic E-state index is 12.6. The Morgan fingerprint density at radius 2 is 0.683 bits per heavy atom. The fourth-order valence-corrected chi connectivity index (χ4v) is 9.17. The molecule has 0 bridgehead atoms. The van der Waals surface area contributed by atoms with Crippen LogP contribution in [0.25, 0.3) is 0 Å². The zero-order valence-electron chi connectivity index (χ0n) is 41.8. The van der Waals surface area contributed by atoms with E-state index < -0.39 is 26.5 Å². The molecule has 0 radical (unpaired) electrons. The highest BCUT2D eigenvalue weighted by molar-refractivity contribution is 7.47. The predicted molar refractivity (Wildman–Crippen MR) is 266 cm³/mol. The molecule has 2 unspecified atom stereocenters. The largest absolute Gasteiger partial charge is 0.472 e. The van der Waals surface area contributed by atoms with Gasteiger partial charge in [-0.05, 0) is 12.8 Å². The Hall–Kier alpha value is -0.990. The van der Waals surface area contributed by atoms with Gasteiger partial charge in [-0.3, -0.25) is 18.6 Å². The molecule has 9 nitrogen and oxygen atoms in total. The van der Waals surface area contributed by atoms with Gasteiger partial charge in [-0.15, -0.1) is 0 Å². The lowest BCUT2D eigenvalue weighted by atomic mass is 10.0. The highest BCUT2D eigenvalue weighted by atomic mass is 31.2. The number of ether oxygens (including phenoxy) is 2. The highest BCUT2D eigenvalue weighted by Crippen LogP contribution is 2.43. The third kappa shape index (κ3) is 50.3. The van der Waals surface area contributed by atoms with Crippen LogP contribution in [-0.2, 0) is 32.7 Å². The van der Waals surface area contributed by atoms with Crippen molar-refractivity contribution < 1.29 is 37.6 Å². The summed E-state index contributed by atoms with van der Waals surface area (Å²) in [6.45, 7) is 3.79. The smallest absolute Gasteiger partial charge is 0.462 e. The van der Waals surface area contributed by atoms with E-state index in [1.54, 1.807) is 0 Å². The Labute approximate surface area is 390 Å². The number of unbranched alkanes of at least 4 members (excludes halogenated alkanes) is 40. The van der Waals surface area contributed by atoms with E-state index in [1.165, 1.54) is 231 Å². The lowest BCUT2D eigenvalue weighted by molar-refractivity contribution is -0.161. The maximum Gasteiger partial charge on any atom is 0.472 e. The van der Waals surface area contributed by atoms with Gasteiger partial charge in [0.15, 0.2) is 6.10 Å². The molecule has 0 aliphatic carbocycles. The van der Waals surface area contributed by atoms with E-state index in [4.69, 9.17) is 24.3 Å². The van der Waals surface area contributed by atoms with Crippen molar-refractivity contribution >= 4 is 19.8 Å². The summed E-state index contributed by atoms with van der Waals surface area (Å²) in [5.74, 6) is -0.809. The molecule has 2 atom stereocenters. The predicted octanol–water partition coefficient (Wildman–Crippen LogP) is 16.7. The second-order valence-corrected chi connectivity index (χ2v) is 20.3. The van der Waals surface area contributed by atoms with Crippen LogP contribution >= 0.6 is 7.82 Å². The zero-order valence-corrected chi connectivity index (χ0v) is 42.7. The SMILES string of the molecule is CCCCCCCCCCCCCCCCCCCCCCCCCCCCCCCCCC(=O)OC(COC(=O)CCCCCCCCCCCCC)COP(=O)(O)OCCN. The highest BCUT2D eigenvalue weighted by Gasteiger charge is 2.26. The topological polar surface area (TPSA) is 134 Å². The first-order valence-corrected chi connectivity index (χ1v) is 29.0. The summed E-state index contributed by atoms with van der Waals surface area (Å²) in [5, 5.41) is 0. The zero-order chi connectivity index (χ0) is 46.0. The number of phosphoric acid groups is 1. The number of hydrogen-bond donors (Lipinski definition) is 2. The van der Waals surface area contributed by atoms with Crippen molar-refractivity contribution in [3.05, 3.63) is 0 Å². The minimum absolute atomic E-state index is 0.0582. The summed E-state index contributed by atoms with van der Waals surface area (Å²) >= 11 is 0. The van der Waals surface area contributed by atoms with Crippen LogP contribution in [0.1, 0.15) is 296 Å². The van der Waals surface area contributed by atoms with E-state index in [-0.39, 0.29) is 38.6 Å². The van der Waals surface area contributed by atoms with E-state index in [9.17, 15) is 19.0 Å². The molecule has 0 aliphatic rings. The van der Waals surface area contributed by atoms with Gasteiger partial charge in [0.2, 0.25) is 0 Å². The number of hydrogen-bond acceptors (Lipinski definition) is 8. The van der Waals surface area contributed by atoms with Gasteiger partial charge in [0.05, 0.1) is 13.2 Å². The molecule has 0 aromatic heterocycles. The van der Waals surface area contributed by atoms with Gasteiger partial charge in [0, 0.05) is 19.4 Å². The summed E-state index contributed by atoms with van der Waals surface area (Å²) in [6.07, 6.45) is 54.7. The molecule has 0 saturated carbocycles. The quantitative estimate of drug-likeness (QED) is 0.0347. The molecule has 0 aromatic rings. The van der Waals surface area contributed by atoms with Crippen molar-refractivity contribution in [2.24, 2.45) is 5.73 Å². The van der Waals surface area contributed by atoms with Crippen LogP contribution in [0.4, 0.5) is 0 Å². The number of phosphoric ester groups is 1. The molecule has 0 heterocycles. The Bertz CT molecular complexity index is 1000. The van der Waals surface area contributed by atoms with Gasteiger partial charge >= 0.3 is 19.8 Å². The number of carbonyl (C=O) groups is 2. The Kier molecular flexibility index (Phi) is 49.6. The van der Waals surface area contributed by atoms with Gasteiger partial charge in [-0.1, -0.05) is 271 Å². The summed E-state index contributed by atoms with van der Waals surface area (Å²) in [7, 11) is -4.37. The first-order valence-electron chi connectivity index (χ1n) is 27.5. The Morgan fingerprint density at radius 1 is 0.413 bits per heavy atom. The molecule has 63 heavy (non-hydrogen) atoms. The van der Waals surface area contributed by atoms with Crippen LogP contribution in [0.2, 0.25) is 0 Å².